The molecule has 0 aliphatic carbocycles. The van der Waals surface area contributed by atoms with Gasteiger partial charge in [0.05, 0.1) is 5.69 Å². The van der Waals surface area contributed by atoms with Crippen LogP contribution in [0.15, 0.2) is 28.5 Å². The Morgan fingerprint density at radius 1 is 1.35 bits per heavy atom. The minimum Gasteiger partial charge on any atom is -0.375 e. The molecule has 0 aliphatic heterocycles. The van der Waals surface area contributed by atoms with Crippen LogP contribution in [0.2, 0.25) is 5.02 Å². The van der Waals surface area contributed by atoms with Gasteiger partial charge in [-0.05, 0) is 31.0 Å². The number of nitrogens with zero attached hydrogens (tertiary/aromatic N) is 1. The monoisotopic (exact) mass is 331 g/mol. The van der Waals surface area contributed by atoms with Gasteiger partial charge in [-0.3, -0.25) is 0 Å². The fourth-order valence-electron chi connectivity index (χ4n) is 1.70. The van der Waals surface area contributed by atoms with Crippen LogP contribution in [0.4, 0.5) is 5.13 Å². The van der Waals surface area contributed by atoms with Crippen LogP contribution in [0.25, 0.3) is 0 Å². The van der Waals surface area contributed by atoms with Crippen LogP contribution in [-0.2, 0) is 16.4 Å². The van der Waals surface area contributed by atoms with Gasteiger partial charge in [-0.1, -0.05) is 35.1 Å². The third kappa shape index (κ3) is 3.69. The van der Waals surface area contributed by atoms with Crippen LogP contribution in [0.1, 0.15) is 11.3 Å². The van der Waals surface area contributed by atoms with Crippen LogP contribution in [0, 0.1) is 6.92 Å². The summed E-state index contributed by atoms with van der Waals surface area (Å²) < 4.78 is 26.9. The van der Waals surface area contributed by atoms with Gasteiger partial charge < -0.3 is 5.73 Å². The number of nitrogen functional groups attached to an aromatic ring is 1. The topological polar surface area (TPSA) is 85.1 Å². The van der Waals surface area contributed by atoms with Gasteiger partial charge >= 0.3 is 0 Å². The number of aryl methyl sites for hydroxylation is 1. The Morgan fingerprint density at radius 2 is 2.00 bits per heavy atom. The normalized spacial score (nSPS) is 11.7. The lowest BCUT2D eigenvalue weighted by Crippen LogP contribution is -2.25. The molecule has 0 saturated carbocycles. The lowest BCUT2D eigenvalue weighted by molar-refractivity contribution is 0.583. The highest BCUT2D eigenvalue weighted by atomic mass is 35.5. The van der Waals surface area contributed by atoms with Crippen molar-refractivity contribution in [3.05, 3.63) is 40.5 Å². The third-order valence-electron chi connectivity index (χ3n) is 2.63. The summed E-state index contributed by atoms with van der Waals surface area (Å²) in [7, 11) is -3.55. The molecule has 1 heterocycles. The number of halogens is 1. The molecule has 0 aliphatic rings. The highest BCUT2D eigenvalue weighted by molar-refractivity contribution is 7.91. The van der Waals surface area contributed by atoms with Crippen LogP contribution in [0.5, 0.6) is 0 Å². The highest BCUT2D eigenvalue weighted by Gasteiger charge is 2.20. The van der Waals surface area contributed by atoms with E-state index in [0.717, 1.165) is 16.9 Å². The van der Waals surface area contributed by atoms with Gasteiger partial charge in [-0.25, -0.2) is 18.1 Å². The predicted molar refractivity (Wildman–Crippen MR) is 81.6 cm³/mol. The first-order chi connectivity index (χ1) is 9.38. The van der Waals surface area contributed by atoms with E-state index >= 15 is 0 Å². The standard InChI is InChI=1S/C12H14ClN3O2S2/c1-8-11(19-12(14)16-8)20(17,18)15-7-6-9-2-4-10(13)5-3-9/h2-5,15H,6-7H2,1H3,(H2,14,16). The maximum Gasteiger partial charge on any atom is 0.252 e. The quantitative estimate of drug-likeness (QED) is 0.879. The van der Waals surface area contributed by atoms with E-state index in [0.29, 0.717) is 23.7 Å². The zero-order chi connectivity index (χ0) is 14.8. The lowest BCUT2D eigenvalue weighted by atomic mass is 10.2. The first-order valence-corrected chi connectivity index (χ1v) is 8.53. The molecule has 0 radical (unpaired) electrons. The summed E-state index contributed by atoms with van der Waals surface area (Å²) >= 11 is 6.76. The van der Waals surface area contributed by atoms with Crippen molar-refractivity contribution in [1.82, 2.24) is 9.71 Å². The van der Waals surface area contributed by atoms with Gasteiger partial charge in [0.2, 0.25) is 0 Å². The van der Waals surface area contributed by atoms with Crippen LogP contribution in [0.3, 0.4) is 0 Å². The number of aromatic nitrogens is 1. The van der Waals surface area contributed by atoms with E-state index in [1.807, 2.05) is 12.1 Å². The molecule has 8 heteroatoms. The second kappa shape index (κ2) is 6.09. The summed E-state index contributed by atoms with van der Waals surface area (Å²) in [6.45, 7) is 1.93. The maximum atomic E-state index is 12.1. The number of hydrogen-bond donors (Lipinski definition) is 2. The van der Waals surface area contributed by atoms with E-state index in [9.17, 15) is 8.42 Å². The molecule has 2 rings (SSSR count). The SMILES string of the molecule is Cc1nc(N)sc1S(=O)(=O)NCCc1ccc(Cl)cc1. The van der Waals surface area contributed by atoms with Gasteiger partial charge in [-0.15, -0.1) is 0 Å². The predicted octanol–water partition coefficient (Wildman–Crippen LogP) is 2.21. The number of nitrogens with one attached hydrogen (secondary N) is 1. The van der Waals surface area contributed by atoms with E-state index in [2.05, 4.69) is 9.71 Å². The summed E-state index contributed by atoms with van der Waals surface area (Å²) in [6, 6.07) is 7.29. The van der Waals surface area contributed by atoms with Gasteiger partial charge in [0.1, 0.15) is 0 Å². The second-order valence-electron chi connectivity index (χ2n) is 4.20. The van der Waals surface area contributed by atoms with Crippen molar-refractivity contribution in [2.45, 2.75) is 17.6 Å². The van der Waals surface area contributed by atoms with Crippen LogP contribution in [-0.4, -0.2) is 19.9 Å². The van der Waals surface area contributed by atoms with E-state index in [-0.39, 0.29) is 9.34 Å². The molecule has 1 aromatic heterocycles. The largest absolute Gasteiger partial charge is 0.375 e. The zero-order valence-corrected chi connectivity index (χ0v) is 13.1. The van der Waals surface area contributed by atoms with Crippen molar-refractivity contribution in [3.63, 3.8) is 0 Å². The molecule has 0 spiro atoms. The fraction of sp³-hybridized carbons (Fsp3) is 0.250. The number of hydrogen-bond acceptors (Lipinski definition) is 5. The van der Waals surface area contributed by atoms with Gasteiger partial charge in [-0.2, -0.15) is 0 Å². The Kier molecular flexibility index (Phi) is 4.64. The molecular weight excluding hydrogens is 318 g/mol. The average Bonchev–Trinajstić information content (AvgIpc) is 2.72. The summed E-state index contributed by atoms with van der Waals surface area (Å²) in [4.78, 5) is 3.92. The molecule has 0 saturated heterocycles. The zero-order valence-electron chi connectivity index (χ0n) is 10.8. The molecule has 1 aromatic carbocycles. The molecule has 0 atom stereocenters. The lowest BCUT2D eigenvalue weighted by Gasteiger charge is -2.05. The van der Waals surface area contributed by atoms with Gasteiger partial charge in [0.25, 0.3) is 10.0 Å². The minimum atomic E-state index is -3.55. The molecule has 3 N–H and O–H groups in total. The Morgan fingerprint density at radius 3 is 2.55 bits per heavy atom. The molecule has 108 valence electrons. The van der Waals surface area contributed by atoms with Crippen molar-refractivity contribution >= 4 is 38.1 Å². The van der Waals surface area contributed by atoms with Crippen molar-refractivity contribution in [2.24, 2.45) is 0 Å². The van der Waals surface area contributed by atoms with Gasteiger partial charge in [0.15, 0.2) is 9.34 Å². The third-order valence-corrected chi connectivity index (χ3v) is 5.94. The number of rotatable bonds is 5. The Balaban J connectivity index is 1.99. The Bertz CT molecular complexity index is 696. The van der Waals surface area contributed by atoms with Crippen molar-refractivity contribution in [1.29, 1.82) is 0 Å². The molecule has 20 heavy (non-hydrogen) atoms. The first kappa shape index (κ1) is 15.2. The molecule has 0 amide bonds. The summed E-state index contributed by atoms with van der Waals surface area (Å²) in [6.07, 6.45) is 0.587. The van der Waals surface area contributed by atoms with Crippen LogP contribution < -0.4 is 10.5 Å². The summed E-state index contributed by atoms with van der Waals surface area (Å²) in [5.41, 5.74) is 6.95. The van der Waals surface area contributed by atoms with E-state index in [1.54, 1.807) is 19.1 Å². The Hall–Kier alpha value is -1.15. The number of sulfonamides is 1. The fourth-order valence-corrected chi connectivity index (χ4v) is 4.20. The van der Waals surface area contributed by atoms with E-state index in [4.69, 9.17) is 17.3 Å². The van der Waals surface area contributed by atoms with Crippen LogP contribution >= 0.6 is 22.9 Å². The number of nitrogens with two attached hydrogens (primary N) is 1. The highest BCUT2D eigenvalue weighted by Crippen LogP contribution is 2.24. The maximum absolute atomic E-state index is 12.1. The molecule has 2 aromatic rings. The van der Waals surface area contributed by atoms with E-state index < -0.39 is 10.0 Å². The van der Waals surface area contributed by atoms with Gasteiger partial charge in [0, 0.05) is 11.6 Å². The number of benzene rings is 1. The summed E-state index contributed by atoms with van der Waals surface area (Å²) in [5.74, 6) is 0. The average molecular weight is 332 g/mol. The van der Waals surface area contributed by atoms with Crippen molar-refractivity contribution < 1.29 is 8.42 Å². The molecule has 0 unspecified atom stereocenters. The molecule has 5 nitrogen and oxygen atoms in total. The Labute approximate surface area is 126 Å². The number of thiazole rings is 1. The first-order valence-electron chi connectivity index (χ1n) is 5.85. The van der Waals surface area contributed by atoms with E-state index in [1.165, 1.54) is 0 Å². The second-order valence-corrected chi connectivity index (χ2v) is 7.63. The molecule has 0 fully saturated rings. The summed E-state index contributed by atoms with van der Waals surface area (Å²) in [5, 5.41) is 0.908. The van der Waals surface area contributed by atoms with Crippen molar-refractivity contribution in [2.75, 3.05) is 12.3 Å². The smallest absolute Gasteiger partial charge is 0.252 e. The van der Waals surface area contributed by atoms with Crippen molar-refractivity contribution in [3.8, 4) is 0 Å². The minimum absolute atomic E-state index is 0.172. The number of anilines is 1. The molecule has 0 bridgehead atoms. The molecular formula is C12H14ClN3O2S2.